The normalized spacial score (nSPS) is 14.7. The molecule has 9 heteroatoms. The van der Waals surface area contributed by atoms with Crippen LogP contribution in [0.1, 0.15) is 17.5 Å². The molecule has 0 aliphatic carbocycles. The number of piperazine rings is 1. The van der Waals surface area contributed by atoms with E-state index in [9.17, 15) is 0 Å². The lowest BCUT2D eigenvalue weighted by molar-refractivity contribution is 0.645. The van der Waals surface area contributed by atoms with Crippen molar-refractivity contribution in [2.45, 2.75) is 19.9 Å². The number of hydrogen-bond acceptors (Lipinski definition) is 8. The topological polar surface area (TPSA) is 75.9 Å². The van der Waals surface area contributed by atoms with E-state index in [0.717, 1.165) is 59.6 Å². The van der Waals surface area contributed by atoms with E-state index < -0.39 is 0 Å². The highest BCUT2D eigenvalue weighted by molar-refractivity contribution is 7.15. The molecule has 1 aromatic carbocycles. The van der Waals surface area contributed by atoms with Crippen molar-refractivity contribution in [3.8, 4) is 0 Å². The van der Waals surface area contributed by atoms with E-state index in [1.165, 1.54) is 5.56 Å². The second kappa shape index (κ2) is 7.75. The van der Waals surface area contributed by atoms with Crippen LogP contribution in [0.3, 0.4) is 0 Å². The van der Waals surface area contributed by atoms with Crippen molar-refractivity contribution in [1.82, 2.24) is 29.9 Å². The molecule has 8 nitrogen and oxygen atoms in total. The minimum absolute atomic E-state index is 0.700. The van der Waals surface area contributed by atoms with E-state index in [1.807, 2.05) is 29.1 Å². The summed E-state index contributed by atoms with van der Waals surface area (Å²) >= 11 is 1.69. The first-order chi connectivity index (χ1) is 14.3. The minimum Gasteiger partial charge on any atom is -0.352 e. The van der Waals surface area contributed by atoms with E-state index in [4.69, 9.17) is 0 Å². The van der Waals surface area contributed by atoms with E-state index >= 15 is 0 Å². The Morgan fingerprint density at radius 2 is 1.76 bits per heavy atom. The molecule has 0 bridgehead atoms. The van der Waals surface area contributed by atoms with Crippen molar-refractivity contribution < 1.29 is 0 Å². The molecular formula is C20H22N8S. The molecule has 0 saturated carbocycles. The Morgan fingerprint density at radius 3 is 2.52 bits per heavy atom. The highest BCUT2D eigenvalue weighted by atomic mass is 32.1. The van der Waals surface area contributed by atoms with Crippen LogP contribution in [0.5, 0.6) is 0 Å². The standard InChI is InChI=1S/C20H22N8S/c1-2-17-24-25-20(29-17)27-10-8-26(9-11-27)18-16-12-23-28(19(16)22-14-21-18)13-15-6-4-3-5-7-15/h3-7,12,14H,2,8-11,13H2,1H3. The van der Waals surface area contributed by atoms with E-state index in [1.54, 1.807) is 17.7 Å². The summed E-state index contributed by atoms with van der Waals surface area (Å²) in [6, 6.07) is 10.3. The smallest absolute Gasteiger partial charge is 0.208 e. The maximum atomic E-state index is 4.58. The second-order valence-electron chi connectivity index (χ2n) is 7.03. The zero-order chi connectivity index (χ0) is 19.6. The fraction of sp³-hybridized carbons (Fsp3) is 0.350. The maximum absolute atomic E-state index is 4.58. The molecule has 1 aliphatic rings. The molecular weight excluding hydrogens is 384 g/mol. The van der Waals surface area contributed by atoms with Crippen LogP contribution in [0.15, 0.2) is 42.9 Å². The van der Waals surface area contributed by atoms with Crippen molar-refractivity contribution >= 4 is 33.3 Å². The number of anilines is 2. The van der Waals surface area contributed by atoms with Gasteiger partial charge in [0.05, 0.1) is 18.1 Å². The average molecular weight is 407 g/mol. The van der Waals surface area contributed by atoms with Crippen molar-refractivity contribution in [3.05, 3.63) is 53.4 Å². The molecule has 0 radical (unpaired) electrons. The van der Waals surface area contributed by atoms with E-state index in [-0.39, 0.29) is 0 Å². The average Bonchev–Trinajstić information content (AvgIpc) is 3.42. The van der Waals surface area contributed by atoms with Crippen LogP contribution in [0.2, 0.25) is 0 Å². The van der Waals surface area contributed by atoms with Gasteiger partial charge in [-0.25, -0.2) is 14.6 Å². The summed E-state index contributed by atoms with van der Waals surface area (Å²) in [6.45, 7) is 6.39. The summed E-state index contributed by atoms with van der Waals surface area (Å²) in [6.07, 6.45) is 4.47. The fourth-order valence-corrected chi connectivity index (χ4v) is 4.46. The zero-order valence-corrected chi connectivity index (χ0v) is 17.1. The van der Waals surface area contributed by atoms with Crippen LogP contribution < -0.4 is 9.80 Å². The third-order valence-electron chi connectivity index (χ3n) is 5.20. The van der Waals surface area contributed by atoms with Crippen molar-refractivity contribution in [1.29, 1.82) is 0 Å². The van der Waals surface area contributed by atoms with Crippen LogP contribution >= 0.6 is 11.3 Å². The monoisotopic (exact) mass is 406 g/mol. The predicted octanol–water partition coefficient (Wildman–Crippen LogP) is 2.62. The Bertz CT molecular complexity index is 1100. The van der Waals surface area contributed by atoms with Crippen LogP contribution in [0.4, 0.5) is 10.9 Å². The van der Waals surface area contributed by atoms with Gasteiger partial charge in [-0.15, -0.1) is 10.2 Å². The van der Waals surface area contributed by atoms with Crippen LogP contribution in [-0.4, -0.2) is 56.1 Å². The van der Waals surface area contributed by atoms with Gasteiger partial charge in [0.2, 0.25) is 5.13 Å². The fourth-order valence-electron chi connectivity index (χ4n) is 3.63. The molecule has 0 atom stereocenters. The number of aromatic nitrogens is 6. The van der Waals surface area contributed by atoms with E-state index in [0.29, 0.717) is 6.54 Å². The Balaban J connectivity index is 1.34. The lowest BCUT2D eigenvalue weighted by Gasteiger charge is -2.35. The highest BCUT2D eigenvalue weighted by Gasteiger charge is 2.23. The van der Waals surface area contributed by atoms with Crippen LogP contribution in [-0.2, 0) is 13.0 Å². The molecule has 4 aromatic rings. The van der Waals surface area contributed by atoms with Gasteiger partial charge in [0, 0.05) is 26.2 Å². The minimum atomic E-state index is 0.700. The molecule has 29 heavy (non-hydrogen) atoms. The third kappa shape index (κ3) is 3.53. The second-order valence-corrected chi connectivity index (χ2v) is 8.07. The number of hydrogen-bond donors (Lipinski definition) is 0. The Labute approximate surface area is 172 Å². The van der Waals surface area contributed by atoms with Crippen LogP contribution in [0, 0.1) is 0 Å². The number of fused-ring (bicyclic) bond motifs is 1. The van der Waals surface area contributed by atoms with Crippen LogP contribution in [0.25, 0.3) is 11.0 Å². The van der Waals surface area contributed by atoms with Crippen molar-refractivity contribution in [2.75, 3.05) is 36.0 Å². The third-order valence-corrected chi connectivity index (χ3v) is 6.32. The number of rotatable bonds is 5. The van der Waals surface area contributed by atoms with Crippen molar-refractivity contribution in [3.63, 3.8) is 0 Å². The van der Waals surface area contributed by atoms with E-state index in [2.05, 4.69) is 54.1 Å². The van der Waals surface area contributed by atoms with Crippen molar-refractivity contribution in [2.24, 2.45) is 0 Å². The molecule has 0 N–H and O–H groups in total. The predicted molar refractivity (Wildman–Crippen MR) is 115 cm³/mol. The van der Waals surface area contributed by atoms with Gasteiger partial charge in [0.1, 0.15) is 17.2 Å². The van der Waals surface area contributed by atoms with Gasteiger partial charge >= 0.3 is 0 Å². The molecule has 1 saturated heterocycles. The molecule has 4 heterocycles. The van der Waals surface area contributed by atoms with Gasteiger partial charge < -0.3 is 9.80 Å². The lowest BCUT2D eigenvalue weighted by atomic mass is 10.2. The molecule has 0 unspecified atom stereocenters. The molecule has 0 spiro atoms. The summed E-state index contributed by atoms with van der Waals surface area (Å²) < 4.78 is 1.94. The summed E-state index contributed by atoms with van der Waals surface area (Å²) in [5.41, 5.74) is 2.08. The zero-order valence-electron chi connectivity index (χ0n) is 16.3. The largest absolute Gasteiger partial charge is 0.352 e. The first-order valence-electron chi connectivity index (χ1n) is 9.84. The lowest BCUT2D eigenvalue weighted by Crippen LogP contribution is -2.46. The summed E-state index contributed by atoms with van der Waals surface area (Å²) in [5.74, 6) is 0.959. The summed E-state index contributed by atoms with van der Waals surface area (Å²) in [7, 11) is 0. The number of nitrogens with zero attached hydrogens (tertiary/aromatic N) is 8. The SMILES string of the molecule is CCc1nnc(N2CCN(c3ncnc4c3cnn4Cc3ccccc3)CC2)s1. The molecule has 5 rings (SSSR count). The molecule has 3 aromatic heterocycles. The van der Waals surface area contributed by atoms with Gasteiger partial charge in [-0.3, -0.25) is 0 Å². The first kappa shape index (κ1) is 18.0. The number of aryl methyl sites for hydroxylation is 1. The summed E-state index contributed by atoms with van der Waals surface area (Å²) in [5, 5.41) is 16.3. The maximum Gasteiger partial charge on any atom is 0.208 e. The molecule has 0 amide bonds. The van der Waals surface area contributed by atoms with Gasteiger partial charge in [0.15, 0.2) is 5.65 Å². The van der Waals surface area contributed by atoms with Gasteiger partial charge in [0.25, 0.3) is 0 Å². The van der Waals surface area contributed by atoms with Gasteiger partial charge in [-0.05, 0) is 12.0 Å². The van der Waals surface area contributed by atoms with Gasteiger partial charge in [-0.1, -0.05) is 48.6 Å². The highest BCUT2D eigenvalue weighted by Crippen LogP contribution is 2.26. The Kier molecular flexibility index (Phi) is 4.81. The molecule has 1 fully saturated rings. The Morgan fingerprint density at radius 1 is 0.966 bits per heavy atom. The number of benzene rings is 1. The first-order valence-corrected chi connectivity index (χ1v) is 10.7. The molecule has 148 valence electrons. The summed E-state index contributed by atoms with van der Waals surface area (Å²) in [4.78, 5) is 13.7. The molecule has 1 aliphatic heterocycles. The quantitative estimate of drug-likeness (QED) is 0.504. The Hall–Kier alpha value is -3.07. The van der Waals surface area contributed by atoms with Gasteiger partial charge in [-0.2, -0.15) is 5.10 Å².